The molecule has 1 aromatic carbocycles. The van der Waals surface area contributed by atoms with Gasteiger partial charge in [0.1, 0.15) is 17.5 Å². The second kappa shape index (κ2) is 4.87. The van der Waals surface area contributed by atoms with Gasteiger partial charge in [-0.1, -0.05) is 6.07 Å². The number of hydrogen-bond donors (Lipinski definition) is 2. The van der Waals surface area contributed by atoms with Crippen LogP contribution in [0.4, 0.5) is 4.39 Å². The first-order valence-corrected chi connectivity index (χ1v) is 5.50. The van der Waals surface area contributed by atoms with E-state index in [1.54, 1.807) is 18.5 Å². The molecule has 0 aliphatic heterocycles. The summed E-state index contributed by atoms with van der Waals surface area (Å²) in [7, 11) is -1.71. The molecule has 0 atom stereocenters. The fourth-order valence-electron chi connectivity index (χ4n) is 1.82. The van der Waals surface area contributed by atoms with Gasteiger partial charge in [0.15, 0.2) is 0 Å². The lowest BCUT2D eigenvalue weighted by Crippen LogP contribution is -2.34. The maximum atomic E-state index is 13.1. The molecular formula is C11H13BFN3O2. The molecule has 0 saturated carbocycles. The minimum Gasteiger partial charge on any atom is -0.423 e. The van der Waals surface area contributed by atoms with Crippen molar-refractivity contribution in [1.29, 1.82) is 0 Å². The molecule has 2 rings (SSSR count). The van der Waals surface area contributed by atoms with Crippen LogP contribution in [-0.4, -0.2) is 31.9 Å². The molecular weight excluding hydrogens is 236 g/mol. The third-order valence-electron chi connectivity index (χ3n) is 2.67. The average molecular weight is 249 g/mol. The van der Waals surface area contributed by atoms with Gasteiger partial charge in [0.05, 0.1) is 6.54 Å². The number of aryl methyl sites for hydroxylation is 2. The van der Waals surface area contributed by atoms with Crippen molar-refractivity contribution in [3.63, 3.8) is 0 Å². The van der Waals surface area contributed by atoms with Crippen LogP contribution in [0.15, 0.2) is 18.2 Å². The van der Waals surface area contributed by atoms with Gasteiger partial charge in [-0.2, -0.15) is 5.10 Å². The highest BCUT2D eigenvalue weighted by molar-refractivity contribution is 6.59. The van der Waals surface area contributed by atoms with E-state index in [2.05, 4.69) is 10.1 Å². The maximum Gasteiger partial charge on any atom is 0.488 e. The monoisotopic (exact) mass is 249 g/mol. The fourth-order valence-corrected chi connectivity index (χ4v) is 1.82. The van der Waals surface area contributed by atoms with Gasteiger partial charge >= 0.3 is 7.12 Å². The van der Waals surface area contributed by atoms with E-state index >= 15 is 0 Å². The van der Waals surface area contributed by atoms with Crippen LogP contribution in [0.1, 0.15) is 17.2 Å². The van der Waals surface area contributed by atoms with E-state index in [1.165, 1.54) is 12.1 Å². The topological polar surface area (TPSA) is 71.2 Å². The molecule has 0 saturated heterocycles. The predicted octanol–water partition coefficient (Wildman–Crippen LogP) is -0.238. The highest BCUT2D eigenvalue weighted by Crippen LogP contribution is 2.05. The molecule has 7 heteroatoms. The molecule has 0 aliphatic rings. The van der Waals surface area contributed by atoms with E-state index in [4.69, 9.17) is 0 Å². The predicted molar refractivity (Wildman–Crippen MR) is 64.8 cm³/mol. The summed E-state index contributed by atoms with van der Waals surface area (Å²) < 4.78 is 14.7. The van der Waals surface area contributed by atoms with Gasteiger partial charge in [-0.25, -0.2) is 14.1 Å². The molecule has 18 heavy (non-hydrogen) atoms. The van der Waals surface area contributed by atoms with Crippen molar-refractivity contribution in [2.24, 2.45) is 0 Å². The van der Waals surface area contributed by atoms with Crippen molar-refractivity contribution in [2.45, 2.75) is 20.4 Å². The summed E-state index contributed by atoms with van der Waals surface area (Å²) in [5.41, 5.74) is 0.738. The number of hydrogen-bond acceptors (Lipinski definition) is 4. The molecule has 0 amide bonds. The fraction of sp³-hybridized carbons (Fsp3) is 0.273. The van der Waals surface area contributed by atoms with Crippen LogP contribution in [0, 0.1) is 19.7 Å². The lowest BCUT2D eigenvalue weighted by Gasteiger charge is -2.09. The van der Waals surface area contributed by atoms with Crippen LogP contribution < -0.4 is 5.46 Å². The Morgan fingerprint density at radius 1 is 1.33 bits per heavy atom. The number of aromatic nitrogens is 3. The Morgan fingerprint density at radius 2 is 2.06 bits per heavy atom. The Labute approximate surface area is 104 Å². The maximum absolute atomic E-state index is 13.1. The van der Waals surface area contributed by atoms with Gasteiger partial charge in [-0.3, -0.25) is 0 Å². The van der Waals surface area contributed by atoms with Crippen LogP contribution in [-0.2, 0) is 6.54 Å². The molecule has 0 fully saturated rings. The zero-order valence-electron chi connectivity index (χ0n) is 10.1. The lowest BCUT2D eigenvalue weighted by atomic mass is 9.77. The molecule has 2 N–H and O–H groups in total. The number of halogens is 1. The molecule has 0 bridgehead atoms. The molecule has 0 unspecified atom stereocenters. The van der Waals surface area contributed by atoms with E-state index < -0.39 is 12.9 Å². The van der Waals surface area contributed by atoms with Gasteiger partial charge in [0.25, 0.3) is 0 Å². The number of nitrogens with zero attached hydrogens (tertiary/aromatic N) is 3. The van der Waals surface area contributed by atoms with Crippen LogP contribution in [0.25, 0.3) is 0 Å². The third kappa shape index (κ3) is 2.57. The standard InChI is InChI=1S/C11H13BFN3O2/c1-7-14-8(2)16(15-7)6-9-3-4-10(13)5-11(9)12(17)18/h3-5,17-18H,6H2,1-2H3. The van der Waals surface area contributed by atoms with Crippen molar-refractivity contribution in [3.05, 3.63) is 41.2 Å². The molecule has 5 nitrogen and oxygen atoms in total. The summed E-state index contributed by atoms with van der Waals surface area (Å²) in [4.78, 5) is 4.15. The molecule has 0 spiro atoms. The van der Waals surface area contributed by atoms with Crippen molar-refractivity contribution in [1.82, 2.24) is 14.8 Å². The van der Waals surface area contributed by atoms with Crippen molar-refractivity contribution < 1.29 is 14.4 Å². The highest BCUT2D eigenvalue weighted by atomic mass is 19.1. The van der Waals surface area contributed by atoms with E-state index in [1.807, 2.05) is 0 Å². The van der Waals surface area contributed by atoms with Gasteiger partial charge in [-0.15, -0.1) is 0 Å². The largest absolute Gasteiger partial charge is 0.488 e. The minimum atomic E-state index is -1.71. The summed E-state index contributed by atoms with van der Waals surface area (Å²) in [5, 5.41) is 22.6. The quantitative estimate of drug-likeness (QED) is 0.736. The van der Waals surface area contributed by atoms with Crippen LogP contribution >= 0.6 is 0 Å². The average Bonchev–Trinajstić information content (AvgIpc) is 2.60. The smallest absolute Gasteiger partial charge is 0.423 e. The first kappa shape index (κ1) is 12.7. The van der Waals surface area contributed by atoms with Crippen molar-refractivity contribution in [3.8, 4) is 0 Å². The molecule has 0 aliphatic carbocycles. The summed E-state index contributed by atoms with van der Waals surface area (Å²) in [6.07, 6.45) is 0. The summed E-state index contributed by atoms with van der Waals surface area (Å²) in [6.45, 7) is 3.90. The Balaban J connectivity index is 2.37. The molecule has 0 radical (unpaired) electrons. The van der Waals surface area contributed by atoms with Crippen LogP contribution in [0.5, 0.6) is 0 Å². The van der Waals surface area contributed by atoms with E-state index in [0.29, 0.717) is 17.9 Å². The van der Waals surface area contributed by atoms with Crippen molar-refractivity contribution >= 4 is 12.6 Å². The molecule has 2 aromatic rings. The zero-order valence-corrected chi connectivity index (χ0v) is 10.1. The number of rotatable bonds is 3. The highest BCUT2D eigenvalue weighted by Gasteiger charge is 2.17. The van der Waals surface area contributed by atoms with Gasteiger partial charge in [-0.05, 0) is 37.0 Å². The SMILES string of the molecule is Cc1nc(C)n(Cc2ccc(F)cc2B(O)O)n1. The lowest BCUT2D eigenvalue weighted by molar-refractivity contribution is 0.424. The third-order valence-corrected chi connectivity index (χ3v) is 2.67. The number of benzene rings is 1. The zero-order chi connectivity index (χ0) is 13.3. The second-order valence-corrected chi connectivity index (χ2v) is 4.08. The van der Waals surface area contributed by atoms with E-state index in [9.17, 15) is 14.4 Å². The first-order valence-electron chi connectivity index (χ1n) is 5.50. The van der Waals surface area contributed by atoms with Gasteiger partial charge < -0.3 is 10.0 Å². The minimum absolute atomic E-state index is 0.141. The van der Waals surface area contributed by atoms with Crippen LogP contribution in [0.2, 0.25) is 0 Å². The summed E-state index contributed by atoms with van der Waals surface area (Å²) in [6, 6.07) is 3.90. The molecule has 1 aromatic heterocycles. The second-order valence-electron chi connectivity index (χ2n) is 4.08. The first-order chi connectivity index (χ1) is 8.47. The Bertz CT molecular complexity index is 571. The summed E-state index contributed by atoms with van der Waals surface area (Å²) in [5.74, 6) is 0.851. The van der Waals surface area contributed by atoms with E-state index in [-0.39, 0.29) is 5.46 Å². The molecule has 1 heterocycles. The normalized spacial score (nSPS) is 10.7. The van der Waals surface area contributed by atoms with Gasteiger partial charge in [0.2, 0.25) is 0 Å². The van der Waals surface area contributed by atoms with E-state index in [0.717, 1.165) is 11.9 Å². The Hall–Kier alpha value is -1.73. The van der Waals surface area contributed by atoms with Crippen LogP contribution in [0.3, 0.4) is 0 Å². The molecule has 94 valence electrons. The Kier molecular flexibility index (Phi) is 3.44. The van der Waals surface area contributed by atoms with Crippen molar-refractivity contribution in [2.75, 3.05) is 0 Å². The Morgan fingerprint density at radius 3 is 2.61 bits per heavy atom. The summed E-state index contributed by atoms with van der Waals surface area (Å²) >= 11 is 0. The van der Waals surface area contributed by atoms with Gasteiger partial charge in [0, 0.05) is 0 Å².